The molecular weight excluding hydrogens is 448 g/mol. The van der Waals surface area contributed by atoms with Gasteiger partial charge in [-0.2, -0.15) is 4.31 Å². The van der Waals surface area contributed by atoms with E-state index in [4.69, 9.17) is 11.4 Å². The molecule has 8 heteroatoms. The van der Waals surface area contributed by atoms with Gasteiger partial charge in [0.1, 0.15) is 5.82 Å². The molecule has 1 amide bonds. The number of carbonyl (C=O) groups excluding carboxylic acids is 1. The fourth-order valence-electron chi connectivity index (χ4n) is 4.97. The zero-order valence-electron chi connectivity index (χ0n) is 20.8. The highest BCUT2D eigenvalue weighted by molar-refractivity contribution is 7.89. The van der Waals surface area contributed by atoms with E-state index in [0.717, 1.165) is 50.0 Å². The van der Waals surface area contributed by atoms with Gasteiger partial charge in [0, 0.05) is 38.5 Å². The first-order valence-corrected chi connectivity index (χ1v) is 14.0. The molecule has 186 valence electrons. The van der Waals surface area contributed by atoms with E-state index in [1.54, 1.807) is 12.1 Å². The van der Waals surface area contributed by atoms with Crippen LogP contribution in [0.2, 0.25) is 0 Å². The molecule has 3 rings (SSSR count). The highest BCUT2D eigenvalue weighted by atomic mass is 32.2. The van der Waals surface area contributed by atoms with Crippen LogP contribution < -0.4 is 0 Å². The Morgan fingerprint density at radius 3 is 2.50 bits per heavy atom. The fraction of sp³-hybridized carbons (Fsp3) is 0.615. The molecule has 7 nitrogen and oxygen atoms in total. The Labute approximate surface area is 204 Å². The average Bonchev–Trinajstić information content (AvgIpc) is 3.19. The van der Waals surface area contributed by atoms with Crippen LogP contribution in [0.3, 0.4) is 0 Å². The minimum atomic E-state index is -3.56. The third-order valence-electron chi connectivity index (χ3n) is 6.75. The van der Waals surface area contributed by atoms with Gasteiger partial charge in [-0.3, -0.25) is 4.79 Å². The smallest absolute Gasteiger partial charge is 0.243 e. The number of imidazole rings is 1. The van der Waals surface area contributed by atoms with Crippen molar-refractivity contribution in [1.29, 1.82) is 0 Å². The summed E-state index contributed by atoms with van der Waals surface area (Å²) in [6.45, 7) is 7.72. The summed E-state index contributed by atoms with van der Waals surface area (Å²) in [4.78, 5) is 20.0. The first kappa shape index (κ1) is 26.2. The Balaban J connectivity index is 1.85. The zero-order valence-corrected chi connectivity index (χ0v) is 21.6. The van der Waals surface area contributed by atoms with Crippen LogP contribution in [-0.2, 0) is 27.8 Å². The molecule has 34 heavy (non-hydrogen) atoms. The van der Waals surface area contributed by atoms with Gasteiger partial charge < -0.3 is 9.47 Å². The van der Waals surface area contributed by atoms with Crippen molar-refractivity contribution in [2.45, 2.75) is 89.6 Å². The van der Waals surface area contributed by atoms with Crippen LogP contribution in [0, 0.1) is 12.3 Å². The molecule has 0 spiro atoms. The van der Waals surface area contributed by atoms with Gasteiger partial charge in [0.2, 0.25) is 15.9 Å². The molecule has 0 N–H and O–H groups in total. The van der Waals surface area contributed by atoms with Gasteiger partial charge in [-0.25, -0.2) is 13.4 Å². The molecule has 1 saturated carbocycles. The van der Waals surface area contributed by atoms with E-state index >= 15 is 0 Å². The number of sulfonamides is 1. The van der Waals surface area contributed by atoms with E-state index in [9.17, 15) is 13.2 Å². The van der Waals surface area contributed by atoms with Gasteiger partial charge in [0.15, 0.2) is 0 Å². The second-order valence-corrected chi connectivity index (χ2v) is 10.9. The van der Waals surface area contributed by atoms with Gasteiger partial charge in [0.25, 0.3) is 0 Å². The summed E-state index contributed by atoms with van der Waals surface area (Å²) in [5, 5.41) is 0. The Bertz CT molecular complexity index is 1120. The molecule has 0 radical (unpaired) electrons. The molecule has 0 aliphatic heterocycles. The number of carbonyl (C=O) groups is 1. The van der Waals surface area contributed by atoms with E-state index in [0.29, 0.717) is 38.0 Å². The van der Waals surface area contributed by atoms with Crippen LogP contribution in [0.1, 0.15) is 71.5 Å². The van der Waals surface area contributed by atoms with Crippen LogP contribution in [-0.4, -0.2) is 58.8 Å². The number of hydrogen-bond acceptors (Lipinski definition) is 4. The molecule has 0 atom stereocenters. The number of fused-ring (bicyclic) bond motifs is 1. The maximum Gasteiger partial charge on any atom is 0.243 e. The van der Waals surface area contributed by atoms with Crippen LogP contribution in [0.15, 0.2) is 23.1 Å². The minimum Gasteiger partial charge on any atom is -0.329 e. The fourth-order valence-corrected chi connectivity index (χ4v) is 6.45. The molecule has 2 aromatic rings. The number of nitrogens with zero attached hydrogens (tertiary/aromatic N) is 4. The van der Waals surface area contributed by atoms with Gasteiger partial charge in [-0.15, -0.1) is 6.42 Å². The summed E-state index contributed by atoms with van der Waals surface area (Å²) >= 11 is 0. The lowest BCUT2D eigenvalue weighted by atomic mass is 9.94. The van der Waals surface area contributed by atoms with E-state index < -0.39 is 10.0 Å². The van der Waals surface area contributed by atoms with Gasteiger partial charge in [-0.05, 0) is 37.5 Å². The molecule has 0 saturated heterocycles. The minimum absolute atomic E-state index is 0.0738. The largest absolute Gasteiger partial charge is 0.329 e. The van der Waals surface area contributed by atoms with Crippen LogP contribution >= 0.6 is 0 Å². The Morgan fingerprint density at radius 1 is 1.18 bits per heavy atom. The highest BCUT2D eigenvalue weighted by Crippen LogP contribution is 2.26. The van der Waals surface area contributed by atoms with Crippen molar-refractivity contribution in [1.82, 2.24) is 18.8 Å². The molecule has 1 aromatic carbocycles. The predicted octanol–water partition coefficient (Wildman–Crippen LogP) is 4.20. The Kier molecular flexibility index (Phi) is 9.15. The van der Waals surface area contributed by atoms with E-state index in [2.05, 4.69) is 17.4 Å². The van der Waals surface area contributed by atoms with Crippen molar-refractivity contribution < 1.29 is 13.2 Å². The molecular formula is C26H38N4O3S. The van der Waals surface area contributed by atoms with E-state index in [-0.39, 0.29) is 16.8 Å². The molecule has 1 fully saturated rings. The maximum absolute atomic E-state index is 13.1. The predicted molar refractivity (Wildman–Crippen MR) is 136 cm³/mol. The topological polar surface area (TPSA) is 75.5 Å². The monoisotopic (exact) mass is 486 g/mol. The van der Waals surface area contributed by atoms with Crippen LogP contribution in [0.4, 0.5) is 0 Å². The maximum atomic E-state index is 13.1. The zero-order chi connectivity index (χ0) is 24.7. The summed E-state index contributed by atoms with van der Waals surface area (Å²) in [6.07, 6.45) is 12.9. The number of terminal acetylenes is 1. The normalized spacial score (nSPS) is 15.0. The second kappa shape index (κ2) is 11.9. The van der Waals surface area contributed by atoms with E-state index in [1.165, 1.54) is 10.7 Å². The molecule has 1 aromatic heterocycles. The number of aryl methyl sites for hydroxylation is 2. The number of rotatable bonds is 11. The molecule has 0 unspecified atom stereocenters. The number of hydrogen-bond donors (Lipinski definition) is 0. The lowest BCUT2D eigenvalue weighted by molar-refractivity contribution is -0.133. The van der Waals surface area contributed by atoms with Gasteiger partial charge in [-0.1, -0.05) is 46.0 Å². The summed E-state index contributed by atoms with van der Waals surface area (Å²) in [5.74, 6) is 3.55. The van der Waals surface area contributed by atoms with Crippen molar-refractivity contribution in [3.63, 3.8) is 0 Å². The Hall–Kier alpha value is -2.37. The lowest BCUT2D eigenvalue weighted by Crippen LogP contribution is -2.41. The lowest BCUT2D eigenvalue weighted by Gasteiger charge is -2.33. The second-order valence-electron chi connectivity index (χ2n) is 8.94. The standard InChI is InChI=1S/C26H38N4O3S/c1-5-18-29(21-12-10-9-11-13-21)26(31)17-16-25-27-23-20-22(34(32,33)28(7-3)8-4)14-15-24(23)30(25)19-6-2/h1,14-15,20-21H,6-13,16-19H2,2-4H3. The van der Waals surface area contributed by atoms with Crippen molar-refractivity contribution in [2.75, 3.05) is 19.6 Å². The molecule has 0 bridgehead atoms. The molecule has 1 aliphatic carbocycles. The van der Waals surface area contributed by atoms with Crippen molar-refractivity contribution in [2.24, 2.45) is 0 Å². The van der Waals surface area contributed by atoms with Crippen molar-refractivity contribution >= 4 is 27.0 Å². The number of benzene rings is 1. The molecule has 1 aliphatic rings. The van der Waals surface area contributed by atoms with Crippen LogP contribution in [0.5, 0.6) is 0 Å². The Morgan fingerprint density at radius 2 is 1.88 bits per heavy atom. The summed E-state index contributed by atoms with van der Waals surface area (Å²) < 4.78 is 29.5. The third-order valence-corrected chi connectivity index (χ3v) is 8.79. The summed E-state index contributed by atoms with van der Waals surface area (Å²) in [6, 6.07) is 5.40. The van der Waals surface area contributed by atoms with Crippen molar-refractivity contribution in [3.05, 3.63) is 24.0 Å². The first-order chi connectivity index (χ1) is 16.4. The third kappa shape index (κ3) is 5.64. The summed E-state index contributed by atoms with van der Waals surface area (Å²) in [7, 11) is -3.56. The highest BCUT2D eigenvalue weighted by Gasteiger charge is 2.26. The van der Waals surface area contributed by atoms with Gasteiger partial charge >= 0.3 is 0 Å². The quantitative estimate of drug-likeness (QED) is 0.446. The SMILES string of the molecule is C#CCN(C(=O)CCc1nc2cc(S(=O)(=O)N(CC)CC)ccc2n1CCC)C1CCCCC1. The van der Waals surface area contributed by atoms with Crippen molar-refractivity contribution in [3.8, 4) is 12.3 Å². The van der Waals surface area contributed by atoms with E-state index in [1.807, 2.05) is 24.8 Å². The van der Waals surface area contributed by atoms with Crippen LogP contribution in [0.25, 0.3) is 11.0 Å². The average molecular weight is 487 g/mol. The molecule has 1 heterocycles. The van der Waals surface area contributed by atoms with Gasteiger partial charge in [0.05, 0.1) is 22.5 Å². The number of amides is 1. The summed E-state index contributed by atoms with van der Waals surface area (Å²) in [5.41, 5.74) is 1.55. The first-order valence-electron chi connectivity index (χ1n) is 12.6. The number of aromatic nitrogens is 2.